The average Bonchev–Trinajstić information content (AvgIpc) is 3.00. The first kappa shape index (κ1) is 12.4. The highest BCUT2D eigenvalue weighted by Gasteiger charge is 2.29. The molecule has 0 aliphatic heterocycles. The van der Waals surface area contributed by atoms with Crippen LogP contribution in [0.1, 0.15) is 47.0 Å². The number of hydrogen-bond donors (Lipinski definition) is 0. The predicted molar refractivity (Wildman–Crippen MR) is 85.0 cm³/mol. The number of rotatable bonds is 2. The van der Waals surface area contributed by atoms with Crippen molar-refractivity contribution in [1.82, 2.24) is 14.6 Å². The van der Waals surface area contributed by atoms with E-state index < -0.39 is 0 Å². The molecule has 2 aliphatic rings. The number of nitriles is 1. The Morgan fingerprint density at radius 3 is 2.91 bits per heavy atom. The molecule has 2 aromatic heterocycles. The first-order valence-corrected chi connectivity index (χ1v) is 8.57. The van der Waals surface area contributed by atoms with Crippen LogP contribution < -0.4 is 0 Å². The van der Waals surface area contributed by atoms with Gasteiger partial charge in [-0.3, -0.25) is 0 Å². The van der Waals surface area contributed by atoms with Crippen LogP contribution in [0.3, 0.4) is 0 Å². The van der Waals surface area contributed by atoms with Crippen LogP contribution in [0.15, 0.2) is 18.2 Å². The molecule has 108 valence electrons. The molecule has 0 unspecified atom stereocenters. The van der Waals surface area contributed by atoms with Gasteiger partial charge in [-0.1, -0.05) is 23.5 Å². The van der Waals surface area contributed by atoms with E-state index in [4.69, 9.17) is 4.98 Å². The lowest BCUT2D eigenvalue weighted by Gasteiger charge is -2.02. The molecule has 0 atom stereocenters. The van der Waals surface area contributed by atoms with Crippen molar-refractivity contribution in [2.24, 2.45) is 0 Å². The van der Waals surface area contributed by atoms with Crippen LogP contribution in [0.25, 0.3) is 16.2 Å². The van der Waals surface area contributed by atoms with Crippen molar-refractivity contribution >= 4 is 16.3 Å². The van der Waals surface area contributed by atoms with Gasteiger partial charge >= 0.3 is 0 Å². The van der Waals surface area contributed by atoms with Crippen molar-refractivity contribution in [3.05, 3.63) is 40.0 Å². The summed E-state index contributed by atoms with van der Waals surface area (Å²) in [6, 6.07) is 8.79. The van der Waals surface area contributed by atoms with Gasteiger partial charge in [0.15, 0.2) is 5.69 Å². The first-order chi connectivity index (χ1) is 10.8. The molecule has 0 radical (unpaired) electrons. The Labute approximate surface area is 132 Å². The maximum absolute atomic E-state index is 9.58. The maximum atomic E-state index is 9.58. The van der Waals surface area contributed by atoms with Gasteiger partial charge in [-0.25, -0.2) is 4.98 Å². The van der Waals surface area contributed by atoms with E-state index in [0.717, 1.165) is 27.6 Å². The molecule has 1 fully saturated rings. The van der Waals surface area contributed by atoms with Crippen LogP contribution >= 0.6 is 11.3 Å². The summed E-state index contributed by atoms with van der Waals surface area (Å²) in [6.07, 6.45) is 5.98. The zero-order valence-electron chi connectivity index (χ0n) is 12.0. The van der Waals surface area contributed by atoms with Gasteiger partial charge in [-0.05, 0) is 49.3 Å². The van der Waals surface area contributed by atoms with Crippen molar-refractivity contribution in [2.45, 2.75) is 38.0 Å². The Morgan fingerprint density at radius 2 is 2.09 bits per heavy atom. The molecular formula is C17H14N4S. The Hall–Kier alpha value is -2.19. The molecule has 1 aromatic carbocycles. The van der Waals surface area contributed by atoms with Crippen LogP contribution in [-0.2, 0) is 12.8 Å². The average molecular weight is 306 g/mol. The van der Waals surface area contributed by atoms with Crippen LogP contribution in [0, 0.1) is 11.3 Å². The standard InChI is InChI=1S/C17H14N4S/c18-9-14-15(13-7-4-10-2-1-3-12(10)8-13)19-17-21(14)20-16(22-17)11-5-6-11/h4,7-8,11H,1-3,5-6H2. The second-order valence-electron chi connectivity index (χ2n) is 6.17. The molecule has 4 nitrogen and oxygen atoms in total. The van der Waals surface area contributed by atoms with E-state index in [1.54, 1.807) is 15.9 Å². The Kier molecular flexibility index (Phi) is 2.47. The maximum Gasteiger partial charge on any atom is 0.214 e. The molecule has 0 N–H and O–H groups in total. The fourth-order valence-electron chi connectivity index (χ4n) is 3.28. The molecule has 2 heterocycles. The van der Waals surface area contributed by atoms with Gasteiger partial charge in [0.1, 0.15) is 16.8 Å². The van der Waals surface area contributed by atoms with Gasteiger partial charge in [0.05, 0.1) is 0 Å². The first-order valence-electron chi connectivity index (χ1n) is 7.75. The summed E-state index contributed by atoms with van der Waals surface area (Å²) in [4.78, 5) is 5.55. The van der Waals surface area contributed by atoms with Gasteiger partial charge in [-0.15, -0.1) is 0 Å². The lowest BCUT2D eigenvalue weighted by Crippen LogP contribution is -1.92. The fourth-order valence-corrected chi connectivity index (χ4v) is 4.35. The highest BCUT2D eigenvalue weighted by molar-refractivity contribution is 7.16. The molecular weight excluding hydrogens is 292 g/mol. The molecule has 0 amide bonds. The lowest BCUT2D eigenvalue weighted by atomic mass is 10.0. The zero-order valence-corrected chi connectivity index (χ0v) is 12.9. The highest BCUT2D eigenvalue weighted by atomic mass is 32.1. The third-order valence-electron chi connectivity index (χ3n) is 4.62. The van der Waals surface area contributed by atoms with Crippen LogP contribution in [0.4, 0.5) is 0 Å². The summed E-state index contributed by atoms with van der Waals surface area (Å²) in [6.45, 7) is 0. The Balaban J connectivity index is 1.67. The van der Waals surface area contributed by atoms with Gasteiger partial charge in [0, 0.05) is 11.5 Å². The quantitative estimate of drug-likeness (QED) is 0.725. The normalized spacial score (nSPS) is 16.9. The summed E-state index contributed by atoms with van der Waals surface area (Å²) in [7, 11) is 0. The van der Waals surface area contributed by atoms with Crippen molar-refractivity contribution in [3.63, 3.8) is 0 Å². The third-order valence-corrected chi connectivity index (χ3v) is 5.69. The topological polar surface area (TPSA) is 54.0 Å². The summed E-state index contributed by atoms with van der Waals surface area (Å²) in [5.74, 6) is 0.599. The molecule has 0 bridgehead atoms. The fraction of sp³-hybridized carbons (Fsp3) is 0.353. The number of aromatic nitrogens is 3. The molecule has 1 saturated carbocycles. The monoisotopic (exact) mass is 306 g/mol. The van der Waals surface area contributed by atoms with Gasteiger partial charge in [0.25, 0.3) is 0 Å². The van der Waals surface area contributed by atoms with E-state index in [1.165, 1.54) is 36.8 Å². The van der Waals surface area contributed by atoms with Crippen molar-refractivity contribution < 1.29 is 0 Å². The number of hydrogen-bond acceptors (Lipinski definition) is 4. The van der Waals surface area contributed by atoms with E-state index in [0.29, 0.717) is 11.6 Å². The number of benzene rings is 1. The predicted octanol–water partition coefficient (Wildman–Crippen LogP) is 3.70. The van der Waals surface area contributed by atoms with Crippen LogP contribution in [0.5, 0.6) is 0 Å². The third kappa shape index (κ3) is 1.74. The number of imidazole rings is 1. The van der Waals surface area contributed by atoms with E-state index in [-0.39, 0.29) is 0 Å². The second-order valence-corrected chi connectivity index (χ2v) is 7.15. The van der Waals surface area contributed by atoms with Crippen LogP contribution in [0.2, 0.25) is 0 Å². The van der Waals surface area contributed by atoms with E-state index in [1.807, 2.05) is 0 Å². The van der Waals surface area contributed by atoms with E-state index in [9.17, 15) is 5.26 Å². The summed E-state index contributed by atoms with van der Waals surface area (Å²) in [5.41, 5.74) is 5.24. The van der Waals surface area contributed by atoms with Crippen LogP contribution in [-0.4, -0.2) is 14.6 Å². The Bertz CT molecular complexity index is 940. The Morgan fingerprint density at radius 1 is 1.23 bits per heavy atom. The molecule has 5 rings (SSSR count). The molecule has 5 heteroatoms. The molecule has 2 aliphatic carbocycles. The summed E-state index contributed by atoms with van der Waals surface area (Å²) < 4.78 is 1.74. The number of aryl methyl sites for hydroxylation is 2. The van der Waals surface area contributed by atoms with Gasteiger partial charge in [0.2, 0.25) is 4.96 Å². The van der Waals surface area contributed by atoms with Crippen molar-refractivity contribution in [2.75, 3.05) is 0 Å². The number of fused-ring (bicyclic) bond motifs is 2. The molecule has 0 saturated heterocycles. The van der Waals surface area contributed by atoms with Gasteiger partial charge < -0.3 is 0 Å². The minimum atomic E-state index is 0.566. The summed E-state index contributed by atoms with van der Waals surface area (Å²) >= 11 is 1.63. The lowest BCUT2D eigenvalue weighted by molar-refractivity contribution is 0.893. The molecule has 22 heavy (non-hydrogen) atoms. The van der Waals surface area contributed by atoms with E-state index >= 15 is 0 Å². The van der Waals surface area contributed by atoms with Crippen molar-refractivity contribution in [3.8, 4) is 17.3 Å². The molecule has 3 aromatic rings. The largest absolute Gasteiger partial charge is 0.216 e. The molecule has 0 spiro atoms. The SMILES string of the molecule is N#Cc1c(-c2ccc3c(c2)CCC3)nc2sc(C3CC3)nn12. The minimum Gasteiger partial charge on any atom is -0.216 e. The van der Waals surface area contributed by atoms with Gasteiger partial charge in [-0.2, -0.15) is 14.9 Å². The zero-order chi connectivity index (χ0) is 14.7. The number of nitrogens with zero attached hydrogens (tertiary/aromatic N) is 4. The second kappa shape index (κ2) is 4.40. The van der Waals surface area contributed by atoms with Crippen molar-refractivity contribution in [1.29, 1.82) is 5.26 Å². The summed E-state index contributed by atoms with van der Waals surface area (Å²) in [5, 5.41) is 15.3. The smallest absolute Gasteiger partial charge is 0.214 e. The highest BCUT2D eigenvalue weighted by Crippen LogP contribution is 2.42. The minimum absolute atomic E-state index is 0.566. The van der Waals surface area contributed by atoms with E-state index in [2.05, 4.69) is 29.4 Å².